The van der Waals surface area contributed by atoms with Crippen LogP contribution in [-0.2, 0) is 9.59 Å². The van der Waals surface area contributed by atoms with Crippen LogP contribution in [0.2, 0.25) is 0 Å². The van der Waals surface area contributed by atoms with Gasteiger partial charge in [-0.1, -0.05) is 41.0 Å². The van der Waals surface area contributed by atoms with Crippen molar-refractivity contribution in [2.45, 2.75) is 47.5 Å². The van der Waals surface area contributed by atoms with Crippen LogP contribution in [0.3, 0.4) is 0 Å². The molecule has 0 aromatic heterocycles. The molecule has 0 aromatic carbocycles. The van der Waals surface area contributed by atoms with Crippen LogP contribution < -0.4 is 0 Å². The highest BCUT2D eigenvalue weighted by molar-refractivity contribution is 5.80. The van der Waals surface area contributed by atoms with Gasteiger partial charge in [0, 0.05) is 0 Å². The maximum absolute atomic E-state index is 11.3. The highest BCUT2D eigenvalue weighted by Gasteiger charge is 2.41. The van der Waals surface area contributed by atoms with Crippen molar-refractivity contribution in [3.05, 3.63) is 0 Å². The molecule has 4 heteroatoms. The van der Waals surface area contributed by atoms with Gasteiger partial charge in [0.1, 0.15) is 0 Å². The van der Waals surface area contributed by atoms with Crippen molar-refractivity contribution in [1.82, 2.24) is 0 Å². The molecule has 4 nitrogen and oxygen atoms in total. The molecule has 0 bridgehead atoms. The van der Waals surface area contributed by atoms with E-state index in [1.807, 2.05) is 13.8 Å². The Hall–Kier alpha value is -1.06. The Morgan fingerprint density at radius 2 is 1.47 bits per heavy atom. The molecule has 0 heterocycles. The van der Waals surface area contributed by atoms with Gasteiger partial charge in [0.25, 0.3) is 0 Å². The highest BCUT2D eigenvalue weighted by Crippen LogP contribution is 2.35. The predicted octanol–water partition coefficient (Wildman–Crippen LogP) is 2.87. The third kappa shape index (κ3) is 5.20. The fourth-order valence-electron chi connectivity index (χ4n) is 2.09. The van der Waals surface area contributed by atoms with Crippen LogP contribution in [0.25, 0.3) is 0 Å². The van der Waals surface area contributed by atoms with Crippen molar-refractivity contribution in [3.8, 4) is 0 Å². The van der Waals surface area contributed by atoms with Gasteiger partial charge in [-0.2, -0.15) is 0 Å². The summed E-state index contributed by atoms with van der Waals surface area (Å²) in [7, 11) is 0. The van der Waals surface area contributed by atoms with Crippen molar-refractivity contribution >= 4 is 11.9 Å². The molecule has 0 aromatic rings. The zero-order valence-electron chi connectivity index (χ0n) is 11.4. The SMILES string of the molecule is CC(C)CCC(C(=O)O)C(C(=O)O)C(C)(C)C. The van der Waals surface area contributed by atoms with Gasteiger partial charge < -0.3 is 10.2 Å². The van der Waals surface area contributed by atoms with Crippen LogP contribution in [0.4, 0.5) is 0 Å². The number of carboxylic acid groups (broad SMARTS) is 2. The molecule has 2 N–H and O–H groups in total. The van der Waals surface area contributed by atoms with E-state index in [0.717, 1.165) is 6.42 Å². The molecule has 0 aliphatic carbocycles. The van der Waals surface area contributed by atoms with Crippen molar-refractivity contribution in [2.24, 2.45) is 23.2 Å². The van der Waals surface area contributed by atoms with Crippen LogP contribution >= 0.6 is 0 Å². The second-order valence-electron chi connectivity index (χ2n) is 6.10. The smallest absolute Gasteiger partial charge is 0.307 e. The van der Waals surface area contributed by atoms with E-state index < -0.39 is 29.2 Å². The first-order valence-electron chi connectivity index (χ1n) is 6.03. The van der Waals surface area contributed by atoms with Crippen LogP contribution in [0.5, 0.6) is 0 Å². The normalized spacial score (nSPS) is 15.6. The van der Waals surface area contributed by atoms with Crippen LogP contribution in [0.1, 0.15) is 47.5 Å². The average molecular weight is 244 g/mol. The Kier molecular flexibility index (Phi) is 5.66. The Bertz CT molecular complexity index is 276. The third-order valence-corrected chi connectivity index (χ3v) is 2.97. The molecule has 0 spiro atoms. The maximum Gasteiger partial charge on any atom is 0.307 e. The van der Waals surface area contributed by atoms with Gasteiger partial charge in [-0.15, -0.1) is 0 Å². The lowest BCUT2D eigenvalue weighted by Crippen LogP contribution is -2.39. The summed E-state index contributed by atoms with van der Waals surface area (Å²) in [4.78, 5) is 22.5. The molecule has 100 valence electrons. The molecular weight excluding hydrogens is 220 g/mol. The van der Waals surface area contributed by atoms with Gasteiger partial charge in [-0.05, 0) is 17.8 Å². The molecule has 0 amide bonds. The first-order chi connectivity index (χ1) is 7.57. The summed E-state index contributed by atoms with van der Waals surface area (Å²) in [6.45, 7) is 9.34. The minimum atomic E-state index is -1.02. The first kappa shape index (κ1) is 15.9. The highest BCUT2D eigenvalue weighted by atomic mass is 16.4. The molecule has 0 aliphatic rings. The summed E-state index contributed by atoms with van der Waals surface area (Å²) in [5, 5.41) is 18.4. The van der Waals surface area contributed by atoms with Gasteiger partial charge in [0.05, 0.1) is 11.8 Å². The van der Waals surface area contributed by atoms with Crippen molar-refractivity contribution in [3.63, 3.8) is 0 Å². The molecule has 17 heavy (non-hydrogen) atoms. The summed E-state index contributed by atoms with van der Waals surface area (Å²) < 4.78 is 0. The van der Waals surface area contributed by atoms with Gasteiger partial charge >= 0.3 is 11.9 Å². The van der Waals surface area contributed by atoms with E-state index in [1.165, 1.54) is 0 Å². The minimum Gasteiger partial charge on any atom is -0.481 e. The maximum atomic E-state index is 11.3. The number of hydrogen-bond acceptors (Lipinski definition) is 2. The van der Waals surface area contributed by atoms with Gasteiger partial charge in [0.2, 0.25) is 0 Å². The van der Waals surface area contributed by atoms with Gasteiger partial charge in [-0.25, -0.2) is 0 Å². The Balaban J connectivity index is 4.99. The van der Waals surface area contributed by atoms with E-state index in [1.54, 1.807) is 20.8 Å². The summed E-state index contributed by atoms with van der Waals surface area (Å²) in [6.07, 6.45) is 1.15. The van der Waals surface area contributed by atoms with E-state index in [4.69, 9.17) is 0 Å². The fourth-order valence-corrected chi connectivity index (χ4v) is 2.09. The zero-order valence-corrected chi connectivity index (χ0v) is 11.4. The monoisotopic (exact) mass is 244 g/mol. The molecule has 2 atom stereocenters. The number of carboxylic acids is 2. The largest absolute Gasteiger partial charge is 0.481 e. The lowest BCUT2D eigenvalue weighted by atomic mass is 9.71. The van der Waals surface area contributed by atoms with E-state index in [9.17, 15) is 19.8 Å². The van der Waals surface area contributed by atoms with Crippen molar-refractivity contribution < 1.29 is 19.8 Å². The van der Waals surface area contributed by atoms with E-state index in [2.05, 4.69) is 0 Å². The molecule has 0 saturated heterocycles. The van der Waals surface area contributed by atoms with E-state index >= 15 is 0 Å². The van der Waals surface area contributed by atoms with E-state index in [-0.39, 0.29) is 0 Å². The Morgan fingerprint density at radius 3 is 1.71 bits per heavy atom. The summed E-state index contributed by atoms with van der Waals surface area (Å²) >= 11 is 0. The lowest BCUT2D eigenvalue weighted by molar-refractivity contribution is -0.158. The molecule has 0 radical (unpaired) electrons. The molecule has 0 fully saturated rings. The van der Waals surface area contributed by atoms with Gasteiger partial charge in [-0.3, -0.25) is 9.59 Å². The summed E-state index contributed by atoms with van der Waals surface area (Å²) in [5.41, 5.74) is -0.550. The molecule has 0 aliphatic heterocycles. The number of hydrogen-bond donors (Lipinski definition) is 2. The molecule has 2 unspecified atom stereocenters. The van der Waals surface area contributed by atoms with Crippen LogP contribution in [-0.4, -0.2) is 22.2 Å². The Morgan fingerprint density at radius 1 is 1.00 bits per heavy atom. The molecule has 0 saturated carbocycles. The zero-order chi connectivity index (χ0) is 13.8. The Labute approximate surface area is 103 Å². The number of carbonyl (C=O) groups is 2. The molecular formula is C13H24O4. The quantitative estimate of drug-likeness (QED) is 0.753. The average Bonchev–Trinajstić information content (AvgIpc) is 2.07. The predicted molar refractivity (Wildman–Crippen MR) is 65.8 cm³/mol. The lowest BCUT2D eigenvalue weighted by Gasteiger charge is -2.32. The first-order valence-corrected chi connectivity index (χ1v) is 6.03. The third-order valence-electron chi connectivity index (χ3n) is 2.97. The fraction of sp³-hybridized carbons (Fsp3) is 0.846. The molecule has 0 rings (SSSR count). The van der Waals surface area contributed by atoms with E-state index in [0.29, 0.717) is 12.3 Å². The summed E-state index contributed by atoms with van der Waals surface area (Å²) in [5.74, 6) is -3.30. The van der Waals surface area contributed by atoms with Crippen molar-refractivity contribution in [2.75, 3.05) is 0 Å². The minimum absolute atomic E-state index is 0.381. The van der Waals surface area contributed by atoms with Crippen LogP contribution in [0, 0.1) is 23.2 Å². The van der Waals surface area contributed by atoms with Crippen molar-refractivity contribution in [1.29, 1.82) is 0 Å². The number of aliphatic carboxylic acids is 2. The topological polar surface area (TPSA) is 74.6 Å². The van der Waals surface area contributed by atoms with Crippen LogP contribution in [0.15, 0.2) is 0 Å². The number of rotatable bonds is 6. The second-order valence-corrected chi connectivity index (χ2v) is 6.10. The van der Waals surface area contributed by atoms with Gasteiger partial charge in [0.15, 0.2) is 0 Å². The summed E-state index contributed by atoms with van der Waals surface area (Å²) in [6, 6.07) is 0. The standard InChI is InChI=1S/C13H24O4/c1-8(2)6-7-9(11(14)15)10(12(16)17)13(3,4)5/h8-10H,6-7H2,1-5H3,(H,14,15)(H,16,17). The second kappa shape index (κ2) is 6.03.